The topological polar surface area (TPSA) is 70.2 Å². The number of nitrogens with one attached hydrogen (secondary N) is 1. The monoisotopic (exact) mass is 352 g/mol. The van der Waals surface area contributed by atoms with Crippen LogP contribution in [0.1, 0.15) is 15.9 Å². The lowest BCUT2D eigenvalue weighted by Crippen LogP contribution is -2.17. The molecule has 0 fully saturated rings. The average Bonchev–Trinajstić information content (AvgIpc) is 3.16. The summed E-state index contributed by atoms with van der Waals surface area (Å²) in [6, 6.07) is 23.0. The number of nitriles is 1. The van der Waals surface area contributed by atoms with Gasteiger partial charge in [0.15, 0.2) is 0 Å². The highest BCUT2D eigenvalue weighted by molar-refractivity contribution is 5.95. The van der Waals surface area contributed by atoms with Crippen LogP contribution >= 0.6 is 0 Å². The van der Waals surface area contributed by atoms with Crippen LogP contribution in [0.15, 0.2) is 72.9 Å². The Balaban J connectivity index is 1.73. The molecule has 4 aromatic rings. The van der Waals surface area contributed by atoms with Crippen LogP contribution in [-0.2, 0) is 0 Å². The van der Waals surface area contributed by atoms with Gasteiger partial charge in [-0.05, 0) is 53.6 Å². The molecule has 0 bridgehead atoms. The molecule has 5 heteroatoms. The van der Waals surface area contributed by atoms with Gasteiger partial charge in [-0.3, -0.25) is 4.79 Å². The van der Waals surface area contributed by atoms with Gasteiger partial charge in [-0.2, -0.15) is 10.4 Å². The number of carbonyl (C=O) groups excluding carboxylic acids is 1. The molecule has 4 rings (SSSR count). The van der Waals surface area contributed by atoms with Crippen LogP contribution in [0.4, 0.5) is 0 Å². The van der Waals surface area contributed by atoms with E-state index in [-0.39, 0.29) is 5.91 Å². The van der Waals surface area contributed by atoms with Gasteiger partial charge in [0, 0.05) is 24.4 Å². The summed E-state index contributed by atoms with van der Waals surface area (Å²) in [4.78, 5) is 11.9. The molecule has 0 spiro atoms. The molecule has 0 aliphatic heterocycles. The summed E-state index contributed by atoms with van der Waals surface area (Å²) in [5.74, 6) is -0.106. The average molecular weight is 352 g/mol. The van der Waals surface area contributed by atoms with Gasteiger partial charge in [0.2, 0.25) is 0 Å². The molecule has 5 nitrogen and oxygen atoms in total. The van der Waals surface area contributed by atoms with E-state index in [1.807, 2.05) is 59.2 Å². The summed E-state index contributed by atoms with van der Waals surface area (Å²) in [5.41, 5.74) is 6.00. The van der Waals surface area contributed by atoms with Gasteiger partial charge in [0.05, 0.1) is 22.8 Å². The first kappa shape index (κ1) is 16.6. The summed E-state index contributed by atoms with van der Waals surface area (Å²) < 4.78 is 1.82. The third-order valence-corrected chi connectivity index (χ3v) is 4.46. The Kier molecular flexibility index (Phi) is 4.15. The van der Waals surface area contributed by atoms with Gasteiger partial charge in [-0.1, -0.05) is 24.3 Å². The van der Waals surface area contributed by atoms with Gasteiger partial charge >= 0.3 is 0 Å². The number of aromatic nitrogens is 2. The first-order valence-electron chi connectivity index (χ1n) is 8.50. The highest BCUT2D eigenvalue weighted by Crippen LogP contribution is 2.25. The van der Waals surface area contributed by atoms with Gasteiger partial charge in [-0.15, -0.1) is 0 Å². The number of hydrogen-bond acceptors (Lipinski definition) is 3. The summed E-state index contributed by atoms with van der Waals surface area (Å²) in [6.45, 7) is 0. The second-order valence-electron chi connectivity index (χ2n) is 6.16. The molecule has 2 aromatic carbocycles. The van der Waals surface area contributed by atoms with Gasteiger partial charge < -0.3 is 5.32 Å². The molecule has 0 atom stereocenters. The highest BCUT2D eigenvalue weighted by Gasteiger charge is 2.08. The Morgan fingerprint density at radius 3 is 2.52 bits per heavy atom. The van der Waals surface area contributed by atoms with E-state index in [4.69, 9.17) is 5.26 Å². The zero-order valence-electron chi connectivity index (χ0n) is 14.7. The normalized spacial score (nSPS) is 10.5. The van der Waals surface area contributed by atoms with E-state index in [1.54, 1.807) is 25.2 Å². The van der Waals surface area contributed by atoms with Crippen LogP contribution in [-0.4, -0.2) is 22.6 Å². The Hall–Kier alpha value is -3.91. The maximum Gasteiger partial charge on any atom is 0.251 e. The van der Waals surface area contributed by atoms with E-state index < -0.39 is 0 Å². The molecular weight excluding hydrogens is 336 g/mol. The first-order chi connectivity index (χ1) is 13.2. The van der Waals surface area contributed by atoms with Crippen molar-refractivity contribution in [1.29, 1.82) is 5.26 Å². The predicted octanol–water partition coefficient (Wildman–Crippen LogP) is 3.90. The lowest BCUT2D eigenvalue weighted by Gasteiger charge is -2.05. The summed E-state index contributed by atoms with van der Waals surface area (Å²) in [6.07, 6.45) is 1.91. The fraction of sp³-hybridized carbons (Fsp3) is 0.0455. The quantitative estimate of drug-likeness (QED) is 0.608. The van der Waals surface area contributed by atoms with E-state index in [1.165, 1.54) is 0 Å². The van der Waals surface area contributed by atoms with Crippen molar-refractivity contribution >= 4 is 11.4 Å². The summed E-state index contributed by atoms with van der Waals surface area (Å²) >= 11 is 0. The van der Waals surface area contributed by atoms with E-state index in [2.05, 4.69) is 16.5 Å². The van der Waals surface area contributed by atoms with E-state index in [0.29, 0.717) is 11.1 Å². The minimum atomic E-state index is -0.106. The number of carbonyl (C=O) groups is 1. The molecule has 0 aliphatic carbocycles. The molecule has 0 aliphatic rings. The smallest absolute Gasteiger partial charge is 0.251 e. The lowest BCUT2D eigenvalue weighted by atomic mass is 10.0. The summed E-state index contributed by atoms with van der Waals surface area (Å²) in [5, 5.41) is 16.2. The zero-order chi connectivity index (χ0) is 18.8. The third kappa shape index (κ3) is 3.16. The Labute approximate surface area is 156 Å². The standard InChI is InChI=1S/C22H16N4O/c1-24-22(27)19-4-2-3-17(11-19)18-9-10-26-20(12-18)13-21(25-26)16-7-5-15(14-23)6-8-16/h2-13H,1H3,(H,24,27). The summed E-state index contributed by atoms with van der Waals surface area (Å²) in [7, 11) is 1.62. The van der Waals surface area contributed by atoms with Crippen LogP contribution in [0.5, 0.6) is 0 Å². The van der Waals surface area contributed by atoms with Gasteiger partial charge in [-0.25, -0.2) is 4.52 Å². The third-order valence-electron chi connectivity index (χ3n) is 4.46. The van der Waals surface area contributed by atoms with Crippen LogP contribution in [0, 0.1) is 11.3 Å². The van der Waals surface area contributed by atoms with Crippen molar-refractivity contribution in [3.05, 3.63) is 84.1 Å². The van der Waals surface area contributed by atoms with Crippen molar-refractivity contribution in [2.75, 3.05) is 7.05 Å². The highest BCUT2D eigenvalue weighted by atomic mass is 16.1. The van der Waals surface area contributed by atoms with Gasteiger partial charge in [0.25, 0.3) is 5.91 Å². The number of benzene rings is 2. The minimum absolute atomic E-state index is 0.106. The molecule has 130 valence electrons. The molecule has 0 saturated heterocycles. The SMILES string of the molecule is CNC(=O)c1cccc(-c2ccn3nc(-c4ccc(C#N)cc4)cc3c2)c1. The number of hydrogen-bond donors (Lipinski definition) is 1. The van der Waals surface area contributed by atoms with Crippen molar-refractivity contribution in [2.45, 2.75) is 0 Å². The second-order valence-corrected chi connectivity index (χ2v) is 6.16. The first-order valence-corrected chi connectivity index (χ1v) is 8.50. The van der Waals surface area contributed by atoms with Crippen molar-refractivity contribution in [3.63, 3.8) is 0 Å². The second kappa shape index (κ2) is 6.77. The maximum atomic E-state index is 11.9. The molecule has 1 N–H and O–H groups in total. The van der Waals surface area contributed by atoms with Crippen LogP contribution in [0.3, 0.4) is 0 Å². The Morgan fingerprint density at radius 2 is 1.78 bits per heavy atom. The molecule has 2 aromatic heterocycles. The fourth-order valence-electron chi connectivity index (χ4n) is 3.01. The number of pyridine rings is 1. The molecule has 0 unspecified atom stereocenters. The number of amides is 1. The van der Waals surface area contributed by atoms with E-state index in [9.17, 15) is 4.79 Å². The molecule has 1 amide bonds. The van der Waals surface area contributed by atoms with Gasteiger partial charge in [0.1, 0.15) is 0 Å². The van der Waals surface area contributed by atoms with E-state index in [0.717, 1.165) is 27.9 Å². The molecular formula is C22H16N4O. The number of nitrogens with zero attached hydrogens (tertiary/aromatic N) is 3. The zero-order valence-corrected chi connectivity index (χ0v) is 14.7. The van der Waals surface area contributed by atoms with Crippen LogP contribution in [0.25, 0.3) is 27.9 Å². The van der Waals surface area contributed by atoms with Crippen molar-refractivity contribution in [1.82, 2.24) is 14.9 Å². The fourth-order valence-corrected chi connectivity index (χ4v) is 3.01. The van der Waals surface area contributed by atoms with E-state index >= 15 is 0 Å². The lowest BCUT2D eigenvalue weighted by molar-refractivity contribution is 0.0963. The van der Waals surface area contributed by atoms with Crippen LogP contribution < -0.4 is 5.32 Å². The molecule has 0 saturated carbocycles. The maximum absolute atomic E-state index is 11.9. The van der Waals surface area contributed by atoms with Crippen molar-refractivity contribution < 1.29 is 4.79 Å². The van der Waals surface area contributed by atoms with Crippen molar-refractivity contribution in [3.8, 4) is 28.5 Å². The largest absolute Gasteiger partial charge is 0.355 e. The number of fused-ring (bicyclic) bond motifs is 1. The molecule has 0 radical (unpaired) electrons. The minimum Gasteiger partial charge on any atom is -0.355 e. The molecule has 2 heterocycles. The van der Waals surface area contributed by atoms with Crippen molar-refractivity contribution in [2.24, 2.45) is 0 Å². The Bertz CT molecular complexity index is 1180. The predicted molar refractivity (Wildman–Crippen MR) is 104 cm³/mol. The Morgan fingerprint density at radius 1 is 1.00 bits per heavy atom. The molecule has 27 heavy (non-hydrogen) atoms. The van der Waals surface area contributed by atoms with Crippen LogP contribution in [0.2, 0.25) is 0 Å². The number of rotatable bonds is 3.